The van der Waals surface area contributed by atoms with Gasteiger partial charge in [-0.15, -0.1) is 0 Å². The SMILES string of the molecule is CC/C=C/C=C\c1ncc([B]O)n1C. The zero-order valence-corrected chi connectivity index (χ0v) is 8.51. The van der Waals surface area contributed by atoms with Gasteiger partial charge in [0.25, 0.3) is 0 Å². The fraction of sp³-hybridized carbons (Fsp3) is 0.300. The van der Waals surface area contributed by atoms with E-state index in [1.165, 1.54) is 0 Å². The minimum atomic E-state index is 0.698. The Morgan fingerprint density at radius 3 is 2.93 bits per heavy atom. The monoisotopic (exact) mass is 189 g/mol. The summed E-state index contributed by atoms with van der Waals surface area (Å²) in [6.45, 7) is 2.09. The Morgan fingerprint density at radius 1 is 1.57 bits per heavy atom. The van der Waals surface area contributed by atoms with Crippen molar-refractivity contribution in [3.05, 3.63) is 30.2 Å². The van der Waals surface area contributed by atoms with Crippen LogP contribution in [0.25, 0.3) is 6.08 Å². The highest BCUT2D eigenvalue weighted by Gasteiger charge is 2.02. The van der Waals surface area contributed by atoms with E-state index in [0.29, 0.717) is 5.59 Å². The van der Waals surface area contributed by atoms with Crippen molar-refractivity contribution in [2.75, 3.05) is 0 Å². The second kappa shape index (κ2) is 5.45. The molecule has 0 saturated heterocycles. The first-order valence-electron chi connectivity index (χ1n) is 4.62. The van der Waals surface area contributed by atoms with Crippen LogP contribution in [0.2, 0.25) is 0 Å². The molecular weight excluding hydrogens is 175 g/mol. The number of imidazole rings is 1. The molecule has 14 heavy (non-hydrogen) atoms. The van der Waals surface area contributed by atoms with Crippen LogP contribution in [0.5, 0.6) is 0 Å². The Bertz CT molecular complexity index is 342. The predicted octanol–water partition coefficient (Wildman–Crippen LogP) is 0.636. The highest BCUT2D eigenvalue weighted by molar-refractivity contribution is 6.44. The molecule has 0 amide bonds. The summed E-state index contributed by atoms with van der Waals surface area (Å²) < 4.78 is 1.82. The summed E-state index contributed by atoms with van der Waals surface area (Å²) in [4.78, 5) is 4.14. The van der Waals surface area contributed by atoms with Gasteiger partial charge in [-0.25, -0.2) is 4.98 Å². The maximum absolute atomic E-state index is 8.82. The highest BCUT2D eigenvalue weighted by Crippen LogP contribution is 1.95. The first kappa shape index (κ1) is 10.8. The lowest BCUT2D eigenvalue weighted by atomic mass is 9.97. The van der Waals surface area contributed by atoms with Crippen molar-refractivity contribution < 1.29 is 5.02 Å². The molecule has 1 aromatic heterocycles. The van der Waals surface area contributed by atoms with Gasteiger partial charge in [0, 0.05) is 18.8 Å². The van der Waals surface area contributed by atoms with E-state index >= 15 is 0 Å². The molecule has 4 heteroatoms. The largest absolute Gasteiger partial charge is 0.449 e. The van der Waals surface area contributed by atoms with E-state index in [1.54, 1.807) is 6.20 Å². The van der Waals surface area contributed by atoms with Crippen LogP contribution in [0.3, 0.4) is 0 Å². The summed E-state index contributed by atoms with van der Waals surface area (Å²) >= 11 is 0. The average molecular weight is 189 g/mol. The molecule has 1 rings (SSSR count). The third kappa shape index (κ3) is 2.60. The Morgan fingerprint density at radius 2 is 2.36 bits per heavy atom. The van der Waals surface area contributed by atoms with E-state index in [1.807, 2.05) is 29.8 Å². The Balaban J connectivity index is 2.72. The predicted molar refractivity (Wildman–Crippen MR) is 59.3 cm³/mol. The quantitative estimate of drug-likeness (QED) is 0.557. The highest BCUT2D eigenvalue weighted by atomic mass is 16.2. The molecule has 1 aromatic rings. The van der Waals surface area contributed by atoms with Crippen LogP contribution in [0, 0.1) is 0 Å². The maximum Gasteiger partial charge on any atom is 0.347 e. The van der Waals surface area contributed by atoms with Crippen LogP contribution in [0.15, 0.2) is 24.4 Å². The van der Waals surface area contributed by atoms with Crippen molar-refractivity contribution in [1.82, 2.24) is 9.55 Å². The molecule has 1 radical (unpaired) electrons. The first-order valence-corrected chi connectivity index (χ1v) is 4.62. The lowest BCUT2D eigenvalue weighted by molar-refractivity contribution is 0.612. The molecule has 0 aliphatic carbocycles. The van der Waals surface area contributed by atoms with E-state index in [-0.39, 0.29) is 0 Å². The summed E-state index contributed by atoms with van der Waals surface area (Å²) in [7, 11) is 2.91. The summed E-state index contributed by atoms with van der Waals surface area (Å²) in [5.41, 5.74) is 0.698. The van der Waals surface area contributed by atoms with Crippen LogP contribution in [-0.4, -0.2) is 22.1 Å². The van der Waals surface area contributed by atoms with Gasteiger partial charge in [-0.2, -0.15) is 0 Å². The number of rotatable bonds is 4. The molecule has 0 fully saturated rings. The first-order chi connectivity index (χ1) is 6.79. The van der Waals surface area contributed by atoms with Gasteiger partial charge in [-0.1, -0.05) is 25.2 Å². The number of allylic oxidation sites excluding steroid dienone is 3. The molecule has 73 valence electrons. The number of hydrogen-bond acceptors (Lipinski definition) is 2. The average Bonchev–Trinajstić information content (AvgIpc) is 2.55. The maximum atomic E-state index is 8.82. The third-order valence-corrected chi connectivity index (χ3v) is 1.92. The van der Waals surface area contributed by atoms with Crippen LogP contribution in [0.1, 0.15) is 19.2 Å². The minimum absolute atomic E-state index is 0.698. The topological polar surface area (TPSA) is 38.1 Å². The van der Waals surface area contributed by atoms with Gasteiger partial charge in [-0.3, -0.25) is 0 Å². The van der Waals surface area contributed by atoms with Crippen LogP contribution < -0.4 is 5.59 Å². The molecule has 3 nitrogen and oxygen atoms in total. The van der Waals surface area contributed by atoms with Gasteiger partial charge in [0.05, 0.1) is 0 Å². The number of nitrogens with zero attached hydrogens (tertiary/aromatic N) is 2. The number of hydrogen-bond donors (Lipinski definition) is 1. The summed E-state index contributed by atoms with van der Waals surface area (Å²) in [6.07, 6.45) is 10.5. The number of aromatic nitrogens is 2. The van der Waals surface area contributed by atoms with Crippen molar-refractivity contribution in [3.8, 4) is 0 Å². The van der Waals surface area contributed by atoms with E-state index in [4.69, 9.17) is 5.02 Å². The molecule has 0 aromatic carbocycles. The van der Waals surface area contributed by atoms with Gasteiger partial charge >= 0.3 is 7.48 Å². The molecule has 1 heterocycles. The lowest BCUT2D eigenvalue weighted by Gasteiger charge is -1.97. The second-order valence-corrected chi connectivity index (χ2v) is 2.92. The molecular formula is C10H14BN2O. The molecule has 0 aliphatic rings. The standard InChI is InChI=1S/C10H14BN2O/c1-3-4-5-6-7-10-12-8-9(11-14)13(10)2/h4-8,14H,3H2,1-2H3/b5-4+,7-6-. The van der Waals surface area contributed by atoms with Gasteiger partial charge in [-0.05, 0) is 12.5 Å². The van der Waals surface area contributed by atoms with Crippen molar-refractivity contribution in [2.24, 2.45) is 7.05 Å². The van der Waals surface area contributed by atoms with E-state index in [9.17, 15) is 0 Å². The van der Waals surface area contributed by atoms with Gasteiger partial charge in [0.1, 0.15) is 5.82 Å². The van der Waals surface area contributed by atoms with Crippen LogP contribution in [0.4, 0.5) is 0 Å². The lowest BCUT2D eigenvalue weighted by Crippen LogP contribution is -2.21. The molecule has 0 unspecified atom stereocenters. The fourth-order valence-electron chi connectivity index (χ4n) is 1.07. The van der Waals surface area contributed by atoms with Crippen molar-refractivity contribution >= 4 is 19.2 Å². The van der Waals surface area contributed by atoms with Crippen molar-refractivity contribution in [1.29, 1.82) is 0 Å². The molecule has 0 atom stereocenters. The van der Waals surface area contributed by atoms with Crippen molar-refractivity contribution in [3.63, 3.8) is 0 Å². The summed E-state index contributed by atoms with van der Waals surface area (Å²) in [6, 6.07) is 0. The molecule has 0 spiro atoms. The molecule has 0 aliphatic heterocycles. The fourth-order valence-corrected chi connectivity index (χ4v) is 1.07. The van der Waals surface area contributed by atoms with Crippen LogP contribution in [-0.2, 0) is 7.05 Å². The summed E-state index contributed by atoms with van der Waals surface area (Å²) in [5.74, 6) is 0.825. The van der Waals surface area contributed by atoms with E-state index in [2.05, 4.69) is 18.0 Å². The smallest absolute Gasteiger partial charge is 0.347 e. The van der Waals surface area contributed by atoms with Gasteiger partial charge in [0.2, 0.25) is 0 Å². The molecule has 0 bridgehead atoms. The minimum Gasteiger partial charge on any atom is -0.449 e. The third-order valence-electron chi connectivity index (χ3n) is 1.92. The zero-order chi connectivity index (χ0) is 10.4. The summed E-state index contributed by atoms with van der Waals surface area (Å²) in [5, 5.41) is 8.82. The van der Waals surface area contributed by atoms with E-state index < -0.39 is 0 Å². The van der Waals surface area contributed by atoms with Gasteiger partial charge in [0.15, 0.2) is 0 Å². The Kier molecular flexibility index (Phi) is 4.20. The zero-order valence-electron chi connectivity index (χ0n) is 8.51. The van der Waals surface area contributed by atoms with E-state index in [0.717, 1.165) is 19.7 Å². The molecule has 1 N–H and O–H groups in total. The Hall–Kier alpha value is -1.29. The van der Waals surface area contributed by atoms with Crippen molar-refractivity contribution in [2.45, 2.75) is 13.3 Å². The van der Waals surface area contributed by atoms with Crippen LogP contribution >= 0.6 is 0 Å². The Labute approximate surface area is 85.1 Å². The second-order valence-electron chi connectivity index (χ2n) is 2.92. The normalized spacial score (nSPS) is 11.6. The molecule has 0 saturated carbocycles. The van der Waals surface area contributed by atoms with Gasteiger partial charge < -0.3 is 9.59 Å².